The van der Waals surface area contributed by atoms with Gasteiger partial charge >= 0.3 is 5.97 Å². The van der Waals surface area contributed by atoms with Gasteiger partial charge in [-0.1, -0.05) is 17.3 Å². The fraction of sp³-hybridized carbons (Fsp3) is 0.333. The fourth-order valence-corrected chi connectivity index (χ4v) is 2.58. The summed E-state index contributed by atoms with van der Waals surface area (Å²) in [6.07, 6.45) is 8.35. The second-order valence-electron chi connectivity index (χ2n) is 5.14. The summed E-state index contributed by atoms with van der Waals surface area (Å²) in [5.41, 5.74) is 1.79. The topological polar surface area (TPSA) is 89.1 Å². The third-order valence-corrected chi connectivity index (χ3v) is 3.77. The number of hydrogen-bond donors (Lipinski definition) is 1. The Bertz CT molecular complexity index is 693. The van der Waals surface area contributed by atoms with Crippen LogP contribution in [0.4, 0.5) is 0 Å². The van der Waals surface area contributed by atoms with E-state index in [2.05, 4.69) is 15.1 Å². The summed E-state index contributed by atoms with van der Waals surface area (Å²) in [6, 6.07) is 1.82. The molecule has 6 heteroatoms. The lowest BCUT2D eigenvalue weighted by atomic mass is 9.83. The van der Waals surface area contributed by atoms with Crippen molar-refractivity contribution in [2.24, 2.45) is 5.92 Å². The molecule has 0 unspecified atom stereocenters. The standard InChI is InChI=1S/C15H15N3O3/c1-9-8-16-7-6-10(9)13-17-14(21-18-13)11-4-2-3-5-12(11)15(19)20/h2-3,6-8,11-12H,4-5H2,1H3,(H,19,20)/t11-,12+/m1/s1. The number of aliphatic carboxylic acids is 1. The van der Waals surface area contributed by atoms with Crippen molar-refractivity contribution in [2.75, 3.05) is 0 Å². The highest BCUT2D eigenvalue weighted by atomic mass is 16.5. The van der Waals surface area contributed by atoms with E-state index in [1.165, 1.54) is 0 Å². The second-order valence-corrected chi connectivity index (χ2v) is 5.14. The Morgan fingerprint density at radius 2 is 2.19 bits per heavy atom. The Morgan fingerprint density at radius 1 is 1.38 bits per heavy atom. The predicted octanol–water partition coefficient (Wildman–Crippen LogP) is 2.57. The number of nitrogens with zero attached hydrogens (tertiary/aromatic N) is 3. The first-order chi connectivity index (χ1) is 10.2. The number of rotatable bonds is 3. The van der Waals surface area contributed by atoms with Gasteiger partial charge in [0.05, 0.1) is 11.8 Å². The van der Waals surface area contributed by atoms with Crippen molar-refractivity contribution in [3.05, 3.63) is 42.1 Å². The number of carboxylic acid groups (broad SMARTS) is 1. The summed E-state index contributed by atoms with van der Waals surface area (Å²) in [6.45, 7) is 1.92. The van der Waals surface area contributed by atoms with Gasteiger partial charge in [-0.2, -0.15) is 4.98 Å². The molecule has 1 aliphatic carbocycles. The number of pyridine rings is 1. The summed E-state index contributed by atoms with van der Waals surface area (Å²) in [7, 11) is 0. The highest BCUT2D eigenvalue weighted by Gasteiger charge is 2.34. The monoisotopic (exact) mass is 285 g/mol. The number of carbonyl (C=O) groups is 1. The molecule has 21 heavy (non-hydrogen) atoms. The zero-order valence-electron chi connectivity index (χ0n) is 11.6. The highest BCUT2D eigenvalue weighted by Crippen LogP contribution is 2.34. The molecule has 2 aromatic rings. The molecule has 0 radical (unpaired) electrons. The van der Waals surface area contributed by atoms with Crippen molar-refractivity contribution < 1.29 is 14.4 Å². The third-order valence-electron chi connectivity index (χ3n) is 3.77. The molecule has 3 rings (SSSR count). The maximum atomic E-state index is 11.3. The van der Waals surface area contributed by atoms with Crippen LogP contribution in [0.2, 0.25) is 0 Å². The molecule has 0 bridgehead atoms. The van der Waals surface area contributed by atoms with Gasteiger partial charge in [0, 0.05) is 18.0 Å². The molecule has 0 saturated carbocycles. The minimum Gasteiger partial charge on any atom is -0.481 e. The average Bonchev–Trinajstić information content (AvgIpc) is 2.97. The normalized spacial score (nSPS) is 21.4. The number of carboxylic acids is 1. The Morgan fingerprint density at radius 3 is 2.95 bits per heavy atom. The summed E-state index contributed by atoms with van der Waals surface area (Å²) < 4.78 is 5.32. The number of aryl methyl sites for hydroxylation is 1. The molecule has 0 saturated heterocycles. The lowest BCUT2D eigenvalue weighted by Gasteiger charge is -2.21. The van der Waals surface area contributed by atoms with Crippen LogP contribution < -0.4 is 0 Å². The fourth-order valence-electron chi connectivity index (χ4n) is 2.58. The molecule has 2 heterocycles. The van der Waals surface area contributed by atoms with Crippen LogP contribution in [0.15, 0.2) is 35.1 Å². The number of aromatic nitrogens is 3. The van der Waals surface area contributed by atoms with Crippen LogP contribution in [0.1, 0.15) is 30.2 Å². The summed E-state index contributed by atoms with van der Waals surface area (Å²) in [4.78, 5) is 19.8. The van der Waals surface area contributed by atoms with Gasteiger partial charge in [-0.3, -0.25) is 9.78 Å². The van der Waals surface area contributed by atoms with Gasteiger partial charge in [0.1, 0.15) is 0 Å². The van der Waals surface area contributed by atoms with Crippen molar-refractivity contribution in [1.29, 1.82) is 0 Å². The van der Waals surface area contributed by atoms with Gasteiger partial charge in [0.25, 0.3) is 0 Å². The largest absolute Gasteiger partial charge is 0.481 e. The number of hydrogen-bond acceptors (Lipinski definition) is 5. The van der Waals surface area contributed by atoms with E-state index in [0.29, 0.717) is 24.6 Å². The van der Waals surface area contributed by atoms with E-state index >= 15 is 0 Å². The molecular weight excluding hydrogens is 270 g/mol. The lowest BCUT2D eigenvalue weighted by Crippen LogP contribution is -2.23. The van der Waals surface area contributed by atoms with Gasteiger partial charge in [-0.25, -0.2) is 0 Å². The quantitative estimate of drug-likeness (QED) is 0.872. The van der Waals surface area contributed by atoms with E-state index in [-0.39, 0.29) is 5.92 Å². The number of allylic oxidation sites excluding steroid dienone is 2. The van der Waals surface area contributed by atoms with Crippen molar-refractivity contribution in [3.63, 3.8) is 0 Å². The Hall–Kier alpha value is -2.50. The summed E-state index contributed by atoms with van der Waals surface area (Å²) in [5.74, 6) is -0.747. The van der Waals surface area contributed by atoms with Gasteiger partial charge in [-0.05, 0) is 31.4 Å². The first-order valence-electron chi connectivity index (χ1n) is 6.79. The smallest absolute Gasteiger partial charge is 0.307 e. The van der Waals surface area contributed by atoms with Crippen LogP contribution in [0.5, 0.6) is 0 Å². The molecule has 0 aliphatic heterocycles. The molecular formula is C15H15N3O3. The molecule has 2 aromatic heterocycles. The van der Waals surface area contributed by atoms with Gasteiger partial charge in [0.15, 0.2) is 0 Å². The van der Waals surface area contributed by atoms with Gasteiger partial charge in [-0.15, -0.1) is 0 Å². The molecule has 6 nitrogen and oxygen atoms in total. The maximum absolute atomic E-state index is 11.3. The van der Waals surface area contributed by atoms with Crippen LogP contribution in [-0.4, -0.2) is 26.2 Å². The van der Waals surface area contributed by atoms with Gasteiger partial charge in [0.2, 0.25) is 11.7 Å². The van der Waals surface area contributed by atoms with E-state index in [9.17, 15) is 9.90 Å². The molecule has 108 valence electrons. The zero-order valence-corrected chi connectivity index (χ0v) is 11.6. The van der Waals surface area contributed by atoms with E-state index < -0.39 is 11.9 Å². The lowest BCUT2D eigenvalue weighted by molar-refractivity contribution is -0.142. The van der Waals surface area contributed by atoms with Crippen LogP contribution in [-0.2, 0) is 4.79 Å². The third kappa shape index (κ3) is 2.56. The Labute approximate surface area is 121 Å². The first kappa shape index (κ1) is 13.5. The first-order valence-corrected chi connectivity index (χ1v) is 6.79. The molecule has 0 spiro atoms. The molecule has 0 aromatic carbocycles. The van der Waals surface area contributed by atoms with Crippen molar-refractivity contribution in [1.82, 2.24) is 15.1 Å². The molecule has 0 amide bonds. The van der Waals surface area contributed by atoms with Crippen molar-refractivity contribution >= 4 is 5.97 Å². The molecule has 1 aliphatic rings. The highest BCUT2D eigenvalue weighted by molar-refractivity contribution is 5.71. The molecule has 1 N–H and O–H groups in total. The second kappa shape index (κ2) is 5.47. The molecule has 2 atom stereocenters. The van der Waals surface area contributed by atoms with E-state index in [0.717, 1.165) is 11.1 Å². The average molecular weight is 285 g/mol. The van der Waals surface area contributed by atoms with Crippen LogP contribution in [0.25, 0.3) is 11.4 Å². The van der Waals surface area contributed by atoms with E-state index in [1.807, 2.05) is 25.1 Å². The maximum Gasteiger partial charge on any atom is 0.307 e. The van der Waals surface area contributed by atoms with E-state index in [4.69, 9.17) is 4.52 Å². The minimum absolute atomic E-state index is 0.268. The van der Waals surface area contributed by atoms with Crippen LogP contribution in [0, 0.1) is 12.8 Å². The van der Waals surface area contributed by atoms with E-state index in [1.54, 1.807) is 12.4 Å². The van der Waals surface area contributed by atoms with Crippen molar-refractivity contribution in [2.45, 2.75) is 25.7 Å². The van der Waals surface area contributed by atoms with Crippen LogP contribution >= 0.6 is 0 Å². The molecule has 0 fully saturated rings. The summed E-state index contributed by atoms with van der Waals surface area (Å²) >= 11 is 0. The van der Waals surface area contributed by atoms with Crippen LogP contribution in [0.3, 0.4) is 0 Å². The Balaban J connectivity index is 1.93. The summed E-state index contributed by atoms with van der Waals surface area (Å²) in [5, 5.41) is 13.3. The minimum atomic E-state index is -0.829. The zero-order chi connectivity index (χ0) is 14.8. The van der Waals surface area contributed by atoms with Crippen molar-refractivity contribution in [3.8, 4) is 11.4 Å². The Kier molecular flexibility index (Phi) is 3.51. The SMILES string of the molecule is Cc1cnccc1-c1noc([C@@H]2CC=CC[C@@H]2C(=O)O)n1. The predicted molar refractivity (Wildman–Crippen MR) is 74.5 cm³/mol. The van der Waals surface area contributed by atoms with Gasteiger partial charge < -0.3 is 9.63 Å².